The quantitative estimate of drug-likeness (QED) is 0.825. The number of sulfone groups is 1. The van der Waals surface area contributed by atoms with Gasteiger partial charge in [-0.15, -0.1) is 0 Å². The Labute approximate surface area is 118 Å². The third-order valence-corrected chi connectivity index (χ3v) is 6.09. The highest BCUT2D eigenvalue weighted by atomic mass is 32.2. The number of ketones is 1. The molecular weight excluding hydrogens is 276 g/mol. The van der Waals surface area contributed by atoms with Crippen LogP contribution in [0.2, 0.25) is 0 Å². The smallest absolute Gasteiger partial charge is 0.179 e. The number of piperidine rings is 3. The summed E-state index contributed by atoms with van der Waals surface area (Å²) in [6.45, 7) is 1.85. The van der Waals surface area contributed by atoms with Gasteiger partial charge in [-0.25, -0.2) is 8.42 Å². The molecule has 0 radical (unpaired) electrons. The summed E-state index contributed by atoms with van der Waals surface area (Å²) in [6.07, 6.45) is 5.18. The fourth-order valence-corrected chi connectivity index (χ4v) is 4.46. The lowest BCUT2D eigenvalue weighted by atomic mass is 9.81. The van der Waals surface area contributed by atoms with Gasteiger partial charge >= 0.3 is 0 Å². The molecule has 4 rings (SSSR count). The van der Waals surface area contributed by atoms with Crippen LogP contribution in [0.5, 0.6) is 0 Å². The van der Waals surface area contributed by atoms with Gasteiger partial charge in [-0.2, -0.15) is 0 Å². The van der Waals surface area contributed by atoms with E-state index < -0.39 is 9.84 Å². The molecule has 1 aromatic rings. The van der Waals surface area contributed by atoms with Crippen LogP contribution in [-0.4, -0.2) is 49.0 Å². The van der Waals surface area contributed by atoms with E-state index in [1.165, 1.54) is 6.20 Å². The van der Waals surface area contributed by atoms with Crippen LogP contribution in [0.3, 0.4) is 0 Å². The molecule has 4 heterocycles. The highest BCUT2D eigenvalue weighted by Crippen LogP contribution is 2.30. The van der Waals surface area contributed by atoms with Crippen molar-refractivity contribution in [2.24, 2.45) is 5.92 Å². The summed E-state index contributed by atoms with van der Waals surface area (Å²) < 4.78 is 24.4. The third kappa shape index (κ3) is 2.50. The first-order valence-corrected chi connectivity index (χ1v) is 8.64. The molecule has 0 aliphatic carbocycles. The van der Waals surface area contributed by atoms with Gasteiger partial charge in [0.1, 0.15) is 0 Å². The first-order valence-electron chi connectivity index (χ1n) is 6.98. The molecule has 6 heteroatoms. The summed E-state index contributed by atoms with van der Waals surface area (Å²) in [5.41, 5.74) is 0. The van der Waals surface area contributed by atoms with Crippen molar-refractivity contribution in [1.29, 1.82) is 0 Å². The summed E-state index contributed by atoms with van der Waals surface area (Å²) in [4.78, 5) is 18.4. The number of nitrogens with zero attached hydrogens (tertiary/aromatic N) is 2. The maximum absolute atomic E-state index is 12.2. The molecule has 5 nitrogen and oxygen atoms in total. The van der Waals surface area contributed by atoms with Crippen LogP contribution in [0.25, 0.3) is 0 Å². The number of hydrogen-bond donors (Lipinski definition) is 0. The molecule has 0 N–H and O–H groups in total. The number of carbonyl (C=O) groups is 1. The van der Waals surface area contributed by atoms with E-state index in [1.54, 1.807) is 18.3 Å². The largest absolute Gasteiger partial charge is 0.298 e. The molecule has 108 valence electrons. The van der Waals surface area contributed by atoms with Gasteiger partial charge in [-0.3, -0.25) is 14.7 Å². The Balaban J connectivity index is 1.69. The van der Waals surface area contributed by atoms with Crippen molar-refractivity contribution in [3.05, 3.63) is 24.5 Å². The zero-order chi connectivity index (χ0) is 14.2. The zero-order valence-electron chi connectivity index (χ0n) is 11.2. The van der Waals surface area contributed by atoms with Gasteiger partial charge in [0.25, 0.3) is 0 Å². The molecule has 0 spiro atoms. The van der Waals surface area contributed by atoms with E-state index in [1.807, 2.05) is 0 Å². The van der Waals surface area contributed by atoms with Crippen molar-refractivity contribution in [2.45, 2.75) is 30.2 Å². The van der Waals surface area contributed by atoms with Crippen LogP contribution < -0.4 is 0 Å². The minimum Gasteiger partial charge on any atom is -0.298 e. The first kappa shape index (κ1) is 13.7. The summed E-state index contributed by atoms with van der Waals surface area (Å²) in [5.74, 6) is 0.410. The number of aromatic nitrogens is 1. The lowest BCUT2D eigenvalue weighted by Gasteiger charge is -2.44. The second-order valence-electron chi connectivity index (χ2n) is 5.52. The van der Waals surface area contributed by atoms with Crippen LogP contribution in [0, 0.1) is 5.92 Å². The summed E-state index contributed by atoms with van der Waals surface area (Å²) >= 11 is 0. The van der Waals surface area contributed by atoms with Crippen molar-refractivity contribution in [3.8, 4) is 0 Å². The second-order valence-corrected chi connectivity index (χ2v) is 7.63. The Morgan fingerprint density at radius 1 is 1.30 bits per heavy atom. The van der Waals surface area contributed by atoms with Gasteiger partial charge in [0, 0.05) is 18.3 Å². The van der Waals surface area contributed by atoms with Gasteiger partial charge in [0.2, 0.25) is 0 Å². The maximum atomic E-state index is 12.2. The van der Waals surface area contributed by atoms with E-state index in [9.17, 15) is 13.2 Å². The fourth-order valence-electron chi connectivity index (χ4n) is 3.19. The maximum Gasteiger partial charge on any atom is 0.179 e. The minimum atomic E-state index is -3.34. The van der Waals surface area contributed by atoms with Crippen molar-refractivity contribution in [2.75, 3.05) is 18.8 Å². The average Bonchev–Trinajstić information content (AvgIpc) is 2.48. The summed E-state index contributed by atoms with van der Waals surface area (Å²) in [6, 6.07) is 2.97. The highest BCUT2D eigenvalue weighted by Gasteiger charge is 2.41. The Morgan fingerprint density at radius 2 is 2.05 bits per heavy atom. The number of hydrogen-bond acceptors (Lipinski definition) is 5. The molecule has 0 amide bonds. The van der Waals surface area contributed by atoms with Crippen molar-refractivity contribution < 1.29 is 13.2 Å². The first-order chi connectivity index (χ1) is 9.58. The molecule has 2 bridgehead atoms. The van der Waals surface area contributed by atoms with Crippen molar-refractivity contribution in [3.63, 3.8) is 0 Å². The van der Waals surface area contributed by atoms with Gasteiger partial charge < -0.3 is 0 Å². The number of rotatable bonds is 4. The number of fused-ring (bicyclic) bond motifs is 3. The summed E-state index contributed by atoms with van der Waals surface area (Å²) in [5, 5.41) is 0. The number of pyridine rings is 1. The van der Waals surface area contributed by atoms with Crippen LogP contribution in [0.4, 0.5) is 0 Å². The second kappa shape index (κ2) is 5.26. The fraction of sp³-hybridized carbons (Fsp3) is 0.571. The molecular formula is C14H18N2O3S. The predicted octanol–water partition coefficient (Wildman–Crippen LogP) is 0.909. The van der Waals surface area contributed by atoms with Gasteiger partial charge in [-0.1, -0.05) is 0 Å². The van der Waals surface area contributed by atoms with Crippen LogP contribution in [0.15, 0.2) is 29.4 Å². The topological polar surface area (TPSA) is 67.3 Å². The molecule has 1 unspecified atom stereocenters. The standard InChI is InChI=1S/C14H18N2O3S/c17-14-11-3-7-16(8-4-11)13(14)5-9-20(18,19)12-2-1-6-15-10-12/h1-2,6,10-11,13H,3-5,7-9H2. The SMILES string of the molecule is O=C1C2CCN(CC2)C1CCS(=O)(=O)c1cccnc1. The molecule has 3 saturated heterocycles. The molecule has 0 aromatic carbocycles. The Hall–Kier alpha value is -1.27. The predicted molar refractivity (Wildman–Crippen MR) is 74.0 cm³/mol. The van der Waals surface area contributed by atoms with Crippen LogP contribution in [0.1, 0.15) is 19.3 Å². The van der Waals surface area contributed by atoms with Gasteiger partial charge in [0.05, 0.1) is 16.7 Å². The summed E-state index contributed by atoms with van der Waals surface area (Å²) in [7, 11) is -3.34. The van der Waals surface area contributed by atoms with E-state index in [-0.39, 0.29) is 28.4 Å². The molecule has 1 aromatic heterocycles. The molecule has 3 fully saturated rings. The van der Waals surface area contributed by atoms with Gasteiger partial charge in [-0.05, 0) is 44.5 Å². The molecule has 3 aliphatic rings. The lowest BCUT2D eigenvalue weighted by Crippen LogP contribution is -2.55. The van der Waals surface area contributed by atoms with Crippen LogP contribution >= 0.6 is 0 Å². The molecule has 0 saturated carbocycles. The Kier molecular flexibility index (Phi) is 3.60. The molecule has 1 atom stereocenters. The zero-order valence-corrected chi connectivity index (χ0v) is 12.1. The lowest BCUT2D eigenvalue weighted by molar-refractivity contribution is -0.136. The van der Waals surface area contributed by atoms with Gasteiger partial charge in [0.15, 0.2) is 15.6 Å². The molecule has 3 aliphatic heterocycles. The normalized spacial score (nSPS) is 29.6. The third-order valence-electron chi connectivity index (χ3n) is 4.35. The van der Waals surface area contributed by atoms with E-state index in [0.29, 0.717) is 6.42 Å². The van der Waals surface area contributed by atoms with E-state index >= 15 is 0 Å². The highest BCUT2D eigenvalue weighted by molar-refractivity contribution is 7.91. The average molecular weight is 294 g/mol. The number of carbonyl (C=O) groups excluding carboxylic acids is 1. The number of Topliss-reactive ketones (excluding diaryl/α,β-unsaturated/α-hetero) is 1. The van der Waals surface area contributed by atoms with Crippen molar-refractivity contribution >= 4 is 15.6 Å². The van der Waals surface area contributed by atoms with Crippen LogP contribution in [-0.2, 0) is 14.6 Å². The minimum absolute atomic E-state index is 0.0122. The Bertz CT molecular complexity index is 592. The van der Waals surface area contributed by atoms with E-state index in [2.05, 4.69) is 9.88 Å². The Morgan fingerprint density at radius 3 is 2.65 bits per heavy atom. The van der Waals surface area contributed by atoms with Crippen molar-refractivity contribution in [1.82, 2.24) is 9.88 Å². The van der Waals surface area contributed by atoms with E-state index in [0.717, 1.165) is 25.9 Å². The monoisotopic (exact) mass is 294 g/mol. The molecule has 20 heavy (non-hydrogen) atoms. The van der Waals surface area contributed by atoms with E-state index in [4.69, 9.17) is 0 Å².